The zero-order chi connectivity index (χ0) is 51.6. The van der Waals surface area contributed by atoms with E-state index in [2.05, 4.69) is 19.1 Å². The van der Waals surface area contributed by atoms with Crippen LogP contribution in [-0.2, 0) is 63.7 Å². The molecule has 0 radical (unpaired) electrons. The molecule has 1 fully saturated rings. The first kappa shape index (κ1) is 58.3. The van der Waals surface area contributed by atoms with Crippen molar-refractivity contribution in [2.24, 2.45) is 23.7 Å². The van der Waals surface area contributed by atoms with E-state index < -0.39 is 96.6 Å². The first-order chi connectivity index (χ1) is 31.8. The minimum atomic E-state index is -1.46. The number of ether oxygens (including phenoxy) is 4. The maximum atomic E-state index is 14.5. The molecule has 2 aromatic rings. The first-order valence-electron chi connectivity index (χ1n) is 23.7. The Morgan fingerprint density at radius 3 is 1.18 bits per heavy atom. The van der Waals surface area contributed by atoms with Gasteiger partial charge in [-0.3, -0.25) is 19.2 Å². The Labute approximate surface area is 404 Å². The number of cyclic esters (lactones) is 4. The Hall–Kier alpha value is -5.80. The van der Waals surface area contributed by atoms with E-state index >= 15 is 0 Å². The minimum Gasteiger partial charge on any atom is -0.454 e. The second-order valence-electron chi connectivity index (χ2n) is 19.5. The lowest BCUT2D eigenvalue weighted by atomic mass is 10.00. The summed E-state index contributed by atoms with van der Waals surface area (Å²) in [6, 6.07) is 14.3. The van der Waals surface area contributed by atoms with Crippen LogP contribution in [-0.4, -0.2) is 144 Å². The van der Waals surface area contributed by atoms with Gasteiger partial charge in [0.15, 0.2) is 24.9 Å². The van der Waals surface area contributed by atoms with Crippen molar-refractivity contribution in [2.45, 2.75) is 151 Å². The monoisotopic (exact) mass is 951 g/mol. The lowest BCUT2D eigenvalue weighted by Crippen LogP contribution is -2.54. The molecule has 3 rings (SSSR count). The number of hydrogen-bond donors (Lipinski definition) is 0. The zero-order valence-corrected chi connectivity index (χ0v) is 43.1. The maximum Gasteiger partial charge on any atom is 0.329 e. The summed E-state index contributed by atoms with van der Waals surface area (Å²) in [5.74, 6) is -6.98. The van der Waals surface area contributed by atoms with E-state index in [1.165, 1.54) is 47.6 Å². The van der Waals surface area contributed by atoms with E-state index in [9.17, 15) is 38.4 Å². The number of esters is 4. The zero-order valence-electron chi connectivity index (χ0n) is 43.1. The molecule has 7 atom stereocenters. The van der Waals surface area contributed by atoms with Gasteiger partial charge in [-0.2, -0.15) is 0 Å². The Balaban J connectivity index is 0.00000206. The molecule has 1 aliphatic rings. The van der Waals surface area contributed by atoms with Crippen molar-refractivity contribution in [3.05, 3.63) is 71.8 Å². The largest absolute Gasteiger partial charge is 0.454 e. The Kier molecular flexibility index (Phi) is 23.9. The van der Waals surface area contributed by atoms with Crippen LogP contribution in [0, 0.1) is 30.6 Å². The summed E-state index contributed by atoms with van der Waals surface area (Å²) in [5.41, 5.74) is 1.97. The van der Waals surface area contributed by atoms with Gasteiger partial charge in [0.05, 0.1) is 0 Å². The SMILES string of the molecule is CC(C)C[C@H]1C(=O)O[C@H](C)C(=O)N(C)[C@@H](CC(C)C)C(=O)O[C@H](Cc2ccccc2)C(=O)N(C)[C@@H](CC(C)C)C(=O)O[C@H](C)C(=O)N(C)[C@@H](CC(C)C)C(=O)OCC(=O)N1C.Cc1ccccc1. The molecule has 68 heavy (non-hydrogen) atoms. The molecular formula is C52H78N4O12. The van der Waals surface area contributed by atoms with Gasteiger partial charge in [0.2, 0.25) is 0 Å². The number of amides is 4. The molecular weight excluding hydrogens is 873 g/mol. The summed E-state index contributed by atoms with van der Waals surface area (Å²) < 4.78 is 22.8. The van der Waals surface area contributed by atoms with E-state index in [1.54, 1.807) is 30.3 Å². The van der Waals surface area contributed by atoms with Crippen LogP contribution < -0.4 is 0 Å². The summed E-state index contributed by atoms with van der Waals surface area (Å²) in [7, 11) is 5.49. The van der Waals surface area contributed by atoms with Crippen LogP contribution in [0.15, 0.2) is 60.7 Å². The fourth-order valence-corrected chi connectivity index (χ4v) is 7.57. The lowest BCUT2D eigenvalue weighted by molar-refractivity contribution is -0.174. The molecule has 0 bridgehead atoms. The van der Waals surface area contributed by atoms with Crippen LogP contribution >= 0.6 is 0 Å². The highest BCUT2D eigenvalue weighted by Crippen LogP contribution is 2.22. The summed E-state index contributed by atoms with van der Waals surface area (Å²) in [4.78, 5) is 116. The first-order valence-corrected chi connectivity index (χ1v) is 23.7. The van der Waals surface area contributed by atoms with E-state index in [0.29, 0.717) is 5.56 Å². The molecule has 0 aromatic heterocycles. The third kappa shape index (κ3) is 18.4. The van der Waals surface area contributed by atoms with Crippen LogP contribution in [0.2, 0.25) is 0 Å². The van der Waals surface area contributed by atoms with Crippen molar-refractivity contribution >= 4 is 47.5 Å². The Morgan fingerprint density at radius 2 is 0.809 bits per heavy atom. The molecule has 378 valence electrons. The number of rotatable bonds is 10. The quantitative estimate of drug-likeness (QED) is 0.199. The van der Waals surface area contributed by atoms with Crippen LogP contribution in [0.1, 0.15) is 106 Å². The van der Waals surface area contributed by atoms with Gasteiger partial charge < -0.3 is 38.5 Å². The summed E-state index contributed by atoms with van der Waals surface area (Å²) in [6.45, 7) is 18.7. The molecule has 1 aliphatic heterocycles. The predicted molar refractivity (Wildman–Crippen MR) is 257 cm³/mol. The number of nitrogens with zero attached hydrogens (tertiary/aromatic N) is 4. The Bertz CT molecular complexity index is 1960. The number of hydrogen-bond acceptors (Lipinski definition) is 12. The van der Waals surface area contributed by atoms with Gasteiger partial charge in [-0.25, -0.2) is 19.2 Å². The van der Waals surface area contributed by atoms with Crippen molar-refractivity contribution in [1.82, 2.24) is 19.6 Å². The molecule has 4 amide bonds. The molecule has 16 heteroatoms. The number of likely N-dealkylation sites (N-methyl/N-ethyl adjacent to an activating group) is 4. The molecule has 1 heterocycles. The number of carbonyl (C=O) groups excluding carboxylic acids is 8. The van der Waals surface area contributed by atoms with Crippen molar-refractivity contribution in [1.29, 1.82) is 0 Å². The number of benzene rings is 2. The smallest absolute Gasteiger partial charge is 0.329 e. The van der Waals surface area contributed by atoms with E-state index in [1.807, 2.05) is 73.6 Å². The van der Waals surface area contributed by atoms with Crippen LogP contribution in [0.3, 0.4) is 0 Å². The molecule has 0 spiro atoms. The molecule has 1 saturated heterocycles. The van der Waals surface area contributed by atoms with E-state index in [4.69, 9.17) is 18.9 Å². The predicted octanol–water partition coefficient (Wildman–Crippen LogP) is 6.05. The number of carbonyl (C=O) groups is 8. The van der Waals surface area contributed by atoms with E-state index in [-0.39, 0.29) is 55.8 Å². The van der Waals surface area contributed by atoms with Gasteiger partial charge in [-0.1, -0.05) is 122 Å². The lowest BCUT2D eigenvalue weighted by Gasteiger charge is -2.34. The highest BCUT2D eigenvalue weighted by molar-refractivity contribution is 5.94. The second kappa shape index (κ2) is 27.9. The summed E-state index contributed by atoms with van der Waals surface area (Å²) >= 11 is 0. The average Bonchev–Trinajstić information content (AvgIpc) is 3.28. The van der Waals surface area contributed by atoms with Gasteiger partial charge in [0.25, 0.3) is 23.6 Å². The van der Waals surface area contributed by atoms with Crippen molar-refractivity contribution in [3.63, 3.8) is 0 Å². The normalized spacial score (nSPS) is 23.8. The highest BCUT2D eigenvalue weighted by atomic mass is 16.6. The van der Waals surface area contributed by atoms with Gasteiger partial charge in [0, 0.05) is 34.6 Å². The average molecular weight is 951 g/mol. The molecule has 2 aromatic carbocycles. The molecule has 0 aliphatic carbocycles. The third-order valence-corrected chi connectivity index (χ3v) is 11.5. The van der Waals surface area contributed by atoms with Gasteiger partial charge in [0.1, 0.15) is 24.2 Å². The Morgan fingerprint density at radius 1 is 0.471 bits per heavy atom. The fourth-order valence-electron chi connectivity index (χ4n) is 7.57. The third-order valence-electron chi connectivity index (χ3n) is 11.5. The van der Waals surface area contributed by atoms with E-state index in [0.717, 1.165) is 19.6 Å². The topological polar surface area (TPSA) is 186 Å². The molecule has 0 unspecified atom stereocenters. The fraction of sp³-hybridized carbons (Fsp3) is 0.615. The summed E-state index contributed by atoms with van der Waals surface area (Å²) in [5, 5.41) is 0. The van der Waals surface area contributed by atoms with Crippen molar-refractivity contribution in [2.75, 3.05) is 34.8 Å². The highest BCUT2D eigenvalue weighted by Gasteiger charge is 2.41. The molecule has 16 nitrogen and oxygen atoms in total. The maximum absolute atomic E-state index is 14.5. The molecule has 0 N–H and O–H groups in total. The van der Waals surface area contributed by atoms with Crippen LogP contribution in [0.25, 0.3) is 0 Å². The van der Waals surface area contributed by atoms with Crippen molar-refractivity contribution < 1.29 is 57.3 Å². The standard InChI is InChI=1S/C45H70N4O12.C7H8/c1-26(2)20-33-42(54)58-25-38(50)46(11)34(21-27(3)4)43(55)59-31(10)40(52)48(13)36(23-29(7)8)45(57)61-37(24-32-18-16-15-17-19-32)41(53)49(14)35(22-28(5)6)44(56)60-30(9)39(51)47(33)12;1-7-5-3-2-4-6-7/h15-19,26-31,33-37H,20-25H2,1-14H3;2-6H,1H3/t30-,31-,33+,34+,35+,36+,37-;/m1./s1. The molecule has 0 saturated carbocycles. The second-order valence-corrected chi connectivity index (χ2v) is 19.5. The van der Waals surface area contributed by atoms with Gasteiger partial charge >= 0.3 is 23.9 Å². The van der Waals surface area contributed by atoms with Gasteiger partial charge in [-0.15, -0.1) is 0 Å². The number of aryl methyl sites for hydroxylation is 1. The van der Waals surface area contributed by atoms with Gasteiger partial charge in [-0.05, 0) is 75.7 Å². The van der Waals surface area contributed by atoms with Crippen LogP contribution in [0.4, 0.5) is 0 Å². The van der Waals surface area contributed by atoms with Crippen molar-refractivity contribution in [3.8, 4) is 0 Å². The summed E-state index contributed by atoms with van der Waals surface area (Å²) in [6.07, 6.45) is -3.83. The van der Waals surface area contributed by atoms with Crippen LogP contribution in [0.5, 0.6) is 0 Å². The minimum absolute atomic E-state index is 0.0736.